The quantitative estimate of drug-likeness (QED) is 0.301. The van der Waals surface area contributed by atoms with Crippen LogP contribution in [-0.2, 0) is 0 Å². The number of rotatable bonds is 0. The molecule has 1 aromatic rings. The number of benzene rings is 1. The molecular weight excluding hydrogens is 199 g/mol. The van der Waals surface area contributed by atoms with E-state index in [-0.39, 0.29) is 41.3 Å². The van der Waals surface area contributed by atoms with Crippen LogP contribution in [0.25, 0.3) is 0 Å². The zero-order chi connectivity index (χ0) is 10.1. The van der Waals surface area contributed by atoms with E-state index in [1.54, 1.807) is 6.07 Å². The van der Waals surface area contributed by atoms with Gasteiger partial charge in [-0.05, 0) is 23.5 Å². The van der Waals surface area contributed by atoms with Crippen molar-refractivity contribution >= 4 is 5.78 Å². The monoisotopic (exact) mass is 210 g/mol. The SMILES string of the molecule is CC1C/C(=C/[O-])C(=O)c2ccccc21.[Na+]. The van der Waals surface area contributed by atoms with Gasteiger partial charge in [-0.1, -0.05) is 31.2 Å². The second-order valence-corrected chi connectivity index (χ2v) is 3.66. The molecule has 72 valence electrons. The number of Topliss-reactive ketones (excluding diaryl/α,β-unsaturated/α-hetero) is 1. The largest absolute Gasteiger partial charge is 1.00 e. The number of carbonyl (C=O) groups excluding carboxylic acids is 1. The summed E-state index contributed by atoms with van der Waals surface area (Å²) in [6, 6.07) is 7.50. The minimum absolute atomic E-state index is 0. The second kappa shape index (κ2) is 4.97. The molecule has 1 atom stereocenters. The molecule has 1 unspecified atom stereocenters. The van der Waals surface area contributed by atoms with Gasteiger partial charge < -0.3 is 5.11 Å². The van der Waals surface area contributed by atoms with Gasteiger partial charge in [0.25, 0.3) is 0 Å². The smallest absolute Gasteiger partial charge is 0.878 e. The minimum Gasteiger partial charge on any atom is -0.878 e. The first kappa shape index (κ1) is 12.5. The Morgan fingerprint density at radius 2 is 2.07 bits per heavy atom. The van der Waals surface area contributed by atoms with E-state index in [9.17, 15) is 9.90 Å². The Hall–Kier alpha value is -0.570. The van der Waals surface area contributed by atoms with E-state index >= 15 is 0 Å². The molecular formula is C12H11NaO2. The molecule has 1 aromatic carbocycles. The molecule has 0 spiro atoms. The Balaban J connectivity index is 0.00000112. The summed E-state index contributed by atoms with van der Waals surface area (Å²) in [4.78, 5) is 11.7. The van der Waals surface area contributed by atoms with Gasteiger partial charge in [-0.25, -0.2) is 0 Å². The summed E-state index contributed by atoms with van der Waals surface area (Å²) in [7, 11) is 0. The van der Waals surface area contributed by atoms with Crippen molar-refractivity contribution < 1.29 is 39.5 Å². The van der Waals surface area contributed by atoms with E-state index in [0.29, 0.717) is 23.8 Å². The van der Waals surface area contributed by atoms with Crippen molar-refractivity contribution in [3.05, 3.63) is 47.2 Å². The van der Waals surface area contributed by atoms with Crippen LogP contribution in [0.5, 0.6) is 0 Å². The molecule has 0 N–H and O–H groups in total. The molecule has 0 aromatic heterocycles. The molecule has 0 saturated heterocycles. The maximum atomic E-state index is 11.7. The molecule has 15 heavy (non-hydrogen) atoms. The number of hydrogen-bond donors (Lipinski definition) is 0. The second-order valence-electron chi connectivity index (χ2n) is 3.66. The van der Waals surface area contributed by atoms with Crippen LogP contribution in [-0.4, -0.2) is 5.78 Å². The number of allylic oxidation sites excluding steroid dienone is 1. The van der Waals surface area contributed by atoms with Crippen LogP contribution in [0.4, 0.5) is 0 Å². The van der Waals surface area contributed by atoms with Crippen LogP contribution in [0, 0.1) is 0 Å². The van der Waals surface area contributed by atoms with Gasteiger partial charge in [0, 0.05) is 5.56 Å². The molecule has 2 nitrogen and oxygen atoms in total. The van der Waals surface area contributed by atoms with E-state index in [2.05, 4.69) is 0 Å². The van der Waals surface area contributed by atoms with Crippen LogP contribution in [0.2, 0.25) is 0 Å². The Kier molecular flexibility index (Phi) is 4.14. The zero-order valence-electron chi connectivity index (χ0n) is 8.99. The fraction of sp³-hybridized carbons (Fsp3) is 0.250. The summed E-state index contributed by atoms with van der Waals surface area (Å²) < 4.78 is 0. The van der Waals surface area contributed by atoms with Crippen molar-refractivity contribution in [3.63, 3.8) is 0 Å². The summed E-state index contributed by atoms with van der Waals surface area (Å²) in [5, 5.41) is 10.7. The number of hydrogen-bond acceptors (Lipinski definition) is 2. The number of ketones is 1. The van der Waals surface area contributed by atoms with Gasteiger partial charge in [0.15, 0.2) is 5.78 Å². The standard InChI is InChI=1S/C12H12O2.Na/c1-8-6-9(7-13)12(14)11-5-3-2-4-10(8)11;/h2-5,7-8,13H,6H2,1H3;/q;+1/p-1/b9-7-;. The van der Waals surface area contributed by atoms with Crippen LogP contribution >= 0.6 is 0 Å². The van der Waals surface area contributed by atoms with Crippen LogP contribution in [0.1, 0.15) is 35.2 Å². The van der Waals surface area contributed by atoms with Crippen LogP contribution in [0.15, 0.2) is 36.1 Å². The van der Waals surface area contributed by atoms with Gasteiger partial charge in [0.1, 0.15) is 0 Å². The van der Waals surface area contributed by atoms with Crippen molar-refractivity contribution in [2.45, 2.75) is 19.3 Å². The van der Waals surface area contributed by atoms with Crippen molar-refractivity contribution in [1.29, 1.82) is 0 Å². The van der Waals surface area contributed by atoms with E-state index < -0.39 is 0 Å². The Morgan fingerprint density at radius 3 is 2.73 bits per heavy atom. The molecule has 1 aliphatic rings. The van der Waals surface area contributed by atoms with Gasteiger partial charge >= 0.3 is 29.6 Å². The Labute approximate surface area is 111 Å². The fourth-order valence-electron chi connectivity index (χ4n) is 1.94. The molecule has 0 radical (unpaired) electrons. The Morgan fingerprint density at radius 1 is 1.40 bits per heavy atom. The van der Waals surface area contributed by atoms with E-state index in [1.807, 2.05) is 25.1 Å². The minimum atomic E-state index is -0.103. The van der Waals surface area contributed by atoms with Gasteiger partial charge in [0.05, 0.1) is 0 Å². The van der Waals surface area contributed by atoms with Crippen LogP contribution < -0.4 is 34.7 Å². The van der Waals surface area contributed by atoms with Gasteiger partial charge in [-0.2, -0.15) is 0 Å². The number of carbonyl (C=O) groups is 1. The van der Waals surface area contributed by atoms with Gasteiger partial charge in [-0.15, -0.1) is 6.26 Å². The summed E-state index contributed by atoms with van der Waals surface area (Å²) >= 11 is 0. The first-order valence-corrected chi connectivity index (χ1v) is 4.68. The summed E-state index contributed by atoms with van der Waals surface area (Å²) in [5.41, 5.74) is 2.15. The van der Waals surface area contributed by atoms with Crippen molar-refractivity contribution in [1.82, 2.24) is 0 Å². The predicted molar refractivity (Wildman–Crippen MR) is 51.9 cm³/mol. The first-order chi connectivity index (χ1) is 6.74. The summed E-state index contributed by atoms with van der Waals surface area (Å²) in [6.07, 6.45) is 1.26. The molecule has 0 fully saturated rings. The fourth-order valence-corrected chi connectivity index (χ4v) is 1.94. The molecule has 0 amide bonds. The van der Waals surface area contributed by atoms with Crippen molar-refractivity contribution in [2.24, 2.45) is 0 Å². The molecule has 1 aliphatic carbocycles. The van der Waals surface area contributed by atoms with E-state index in [0.717, 1.165) is 5.56 Å². The average molecular weight is 210 g/mol. The molecule has 0 aliphatic heterocycles. The topological polar surface area (TPSA) is 40.1 Å². The molecule has 2 rings (SSSR count). The first-order valence-electron chi connectivity index (χ1n) is 4.68. The number of fused-ring (bicyclic) bond motifs is 1. The molecule has 0 heterocycles. The average Bonchev–Trinajstić information content (AvgIpc) is 2.23. The third-order valence-corrected chi connectivity index (χ3v) is 2.70. The zero-order valence-corrected chi connectivity index (χ0v) is 11.0. The van der Waals surface area contributed by atoms with Crippen molar-refractivity contribution in [2.75, 3.05) is 0 Å². The summed E-state index contributed by atoms with van der Waals surface area (Å²) in [6.45, 7) is 2.04. The van der Waals surface area contributed by atoms with E-state index in [1.165, 1.54) is 0 Å². The third-order valence-electron chi connectivity index (χ3n) is 2.70. The molecule has 3 heteroatoms. The normalized spacial score (nSPS) is 22.1. The summed E-state index contributed by atoms with van der Waals surface area (Å²) in [5.74, 6) is 0.165. The predicted octanol–water partition coefficient (Wildman–Crippen LogP) is -1.38. The molecule has 0 saturated carbocycles. The van der Waals surface area contributed by atoms with E-state index in [4.69, 9.17) is 0 Å². The molecule has 0 bridgehead atoms. The van der Waals surface area contributed by atoms with Gasteiger partial charge in [0.2, 0.25) is 0 Å². The Bertz CT molecular complexity index is 410. The van der Waals surface area contributed by atoms with Gasteiger partial charge in [-0.3, -0.25) is 4.79 Å². The van der Waals surface area contributed by atoms with Crippen molar-refractivity contribution in [3.8, 4) is 0 Å². The maximum absolute atomic E-state index is 11.7. The maximum Gasteiger partial charge on any atom is 1.00 e. The van der Waals surface area contributed by atoms with Crippen LogP contribution in [0.3, 0.4) is 0 Å². The third kappa shape index (κ3) is 2.17.